The molecule has 2 aliphatic rings. The van der Waals surface area contributed by atoms with Crippen LogP contribution >= 0.6 is 0 Å². The van der Waals surface area contributed by atoms with Crippen LogP contribution < -0.4 is 15.4 Å². The number of pyridine rings is 1. The van der Waals surface area contributed by atoms with Gasteiger partial charge < -0.3 is 25.3 Å². The minimum absolute atomic E-state index is 0.0672. The lowest BCUT2D eigenvalue weighted by molar-refractivity contribution is -0.130. The molecule has 0 spiro atoms. The normalized spacial score (nSPS) is 17.1. The van der Waals surface area contributed by atoms with Gasteiger partial charge >= 0.3 is 0 Å². The van der Waals surface area contributed by atoms with Gasteiger partial charge in [0.2, 0.25) is 5.91 Å². The van der Waals surface area contributed by atoms with Gasteiger partial charge in [0, 0.05) is 48.2 Å². The third-order valence-electron chi connectivity index (χ3n) is 7.06. The summed E-state index contributed by atoms with van der Waals surface area (Å²) in [5.74, 6) is -0.103. The number of carbonyl (C=O) groups is 2. The van der Waals surface area contributed by atoms with E-state index in [1.54, 1.807) is 31.5 Å². The summed E-state index contributed by atoms with van der Waals surface area (Å²) < 4.78 is 20.6. The average Bonchev–Trinajstić information content (AvgIpc) is 3.29. The van der Waals surface area contributed by atoms with E-state index in [0.29, 0.717) is 65.6 Å². The number of nitrogens with one attached hydrogen (secondary N) is 3. The van der Waals surface area contributed by atoms with Gasteiger partial charge in [-0.25, -0.2) is 4.39 Å². The Morgan fingerprint density at radius 3 is 3.05 bits per heavy atom. The van der Waals surface area contributed by atoms with Gasteiger partial charge in [-0.1, -0.05) is 12.6 Å². The number of H-pyrrole nitrogens is 1. The average molecular weight is 504 g/mol. The van der Waals surface area contributed by atoms with Gasteiger partial charge in [0.25, 0.3) is 5.91 Å². The minimum Gasteiger partial charge on any atom is -0.489 e. The zero-order chi connectivity index (χ0) is 25.9. The number of fused-ring (bicyclic) bond motifs is 1. The van der Waals surface area contributed by atoms with E-state index in [9.17, 15) is 14.0 Å². The second kappa shape index (κ2) is 10.5. The predicted octanol–water partition coefficient (Wildman–Crippen LogP) is 4.50. The van der Waals surface area contributed by atoms with Crippen molar-refractivity contribution in [1.82, 2.24) is 20.2 Å². The molecular formula is C28H30FN5O3. The quantitative estimate of drug-likeness (QED) is 0.413. The number of piperidine rings is 1. The van der Waals surface area contributed by atoms with Crippen molar-refractivity contribution < 1.29 is 18.7 Å². The summed E-state index contributed by atoms with van der Waals surface area (Å²) in [6.07, 6.45) is 8.10. The molecule has 1 atom stereocenters. The maximum Gasteiger partial charge on any atom is 0.255 e. The SMILES string of the molecule is C=CC(=O)N1CCCC[C@@H]1COc1cnccc1-c1[nH]c2c(c1Nc1cccc(F)c1C)C(=O)NCC2. The topological polar surface area (TPSA) is 99.3 Å². The first-order valence-electron chi connectivity index (χ1n) is 12.5. The molecule has 3 N–H and O–H groups in total. The van der Waals surface area contributed by atoms with Crippen molar-refractivity contribution in [3.05, 3.63) is 72.0 Å². The van der Waals surface area contributed by atoms with E-state index in [2.05, 4.69) is 27.2 Å². The Balaban J connectivity index is 1.51. The van der Waals surface area contributed by atoms with Crippen molar-refractivity contribution in [3.8, 4) is 17.0 Å². The van der Waals surface area contributed by atoms with E-state index in [4.69, 9.17) is 4.74 Å². The van der Waals surface area contributed by atoms with E-state index in [0.717, 1.165) is 25.0 Å². The van der Waals surface area contributed by atoms with E-state index in [1.165, 1.54) is 12.1 Å². The Morgan fingerprint density at radius 1 is 1.35 bits per heavy atom. The van der Waals surface area contributed by atoms with Crippen molar-refractivity contribution in [2.24, 2.45) is 0 Å². The summed E-state index contributed by atoms with van der Waals surface area (Å²) in [5, 5.41) is 6.21. The number of aromatic amines is 1. The molecule has 4 heterocycles. The fourth-order valence-electron chi connectivity index (χ4n) is 5.05. The molecule has 1 aromatic carbocycles. The van der Waals surface area contributed by atoms with Crippen molar-refractivity contribution in [2.75, 3.05) is 25.0 Å². The molecule has 2 aliphatic heterocycles. The number of anilines is 2. The summed E-state index contributed by atoms with van der Waals surface area (Å²) in [6.45, 7) is 6.83. The third-order valence-corrected chi connectivity index (χ3v) is 7.06. The maximum absolute atomic E-state index is 14.3. The van der Waals surface area contributed by atoms with Crippen LogP contribution in [0, 0.1) is 12.7 Å². The van der Waals surface area contributed by atoms with Gasteiger partial charge in [0.05, 0.1) is 29.2 Å². The molecule has 0 unspecified atom stereocenters. The van der Waals surface area contributed by atoms with E-state index in [1.807, 2.05) is 11.0 Å². The number of hydrogen-bond donors (Lipinski definition) is 3. The lowest BCUT2D eigenvalue weighted by atomic mass is 10.0. The van der Waals surface area contributed by atoms with Crippen molar-refractivity contribution in [1.29, 1.82) is 0 Å². The second-order valence-electron chi connectivity index (χ2n) is 9.34. The summed E-state index contributed by atoms with van der Waals surface area (Å²) in [5.41, 5.74) is 4.25. The van der Waals surface area contributed by atoms with Crippen molar-refractivity contribution >= 4 is 23.2 Å². The van der Waals surface area contributed by atoms with Crippen LogP contribution in [0.4, 0.5) is 15.8 Å². The van der Waals surface area contributed by atoms with Crippen LogP contribution in [0.15, 0.2) is 49.3 Å². The van der Waals surface area contributed by atoms with Gasteiger partial charge in [-0.3, -0.25) is 14.6 Å². The zero-order valence-electron chi connectivity index (χ0n) is 20.8. The number of benzene rings is 1. The fraction of sp³-hybridized carbons (Fsp3) is 0.321. The number of carbonyl (C=O) groups excluding carboxylic acids is 2. The number of likely N-dealkylation sites (tertiary alicyclic amines) is 1. The Labute approximate surface area is 214 Å². The van der Waals surface area contributed by atoms with Crippen LogP contribution in [0.25, 0.3) is 11.3 Å². The number of nitrogens with zero attached hydrogens (tertiary/aromatic N) is 2. The first-order valence-corrected chi connectivity index (χ1v) is 12.5. The highest BCUT2D eigenvalue weighted by molar-refractivity contribution is 6.06. The fourth-order valence-corrected chi connectivity index (χ4v) is 5.05. The molecule has 9 heteroatoms. The molecule has 2 amide bonds. The smallest absolute Gasteiger partial charge is 0.255 e. The molecule has 0 radical (unpaired) electrons. The molecule has 8 nitrogen and oxygen atoms in total. The highest BCUT2D eigenvalue weighted by Crippen LogP contribution is 2.41. The van der Waals surface area contributed by atoms with Crippen LogP contribution in [0.5, 0.6) is 5.75 Å². The first-order chi connectivity index (χ1) is 18.0. The van der Waals surface area contributed by atoms with Gasteiger partial charge in [-0.05, 0) is 50.5 Å². The van der Waals surface area contributed by atoms with Crippen LogP contribution in [0.3, 0.4) is 0 Å². The van der Waals surface area contributed by atoms with E-state index >= 15 is 0 Å². The van der Waals surface area contributed by atoms with Crippen LogP contribution in [-0.4, -0.2) is 52.4 Å². The molecule has 1 saturated heterocycles. The van der Waals surface area contributed by atoms with Crippen LogP contribution in [0.1, 0.15) is 40.9 Å². The Morgan fingerprint density at radius 2 is 2.22 bits per heavy atom. The molecule has 0 aliphatic carbocycles. The van der Waals surface area contributed by atoms with Gasteiger partial charge in [0.1, 0.15) is 18.2 Å². The lowest BCUT2D eigenvalue weighted by Gasteiger charge is -2.35. The number of halogens is 1. The standard InChI is InChI=1S/C28H30FN5O3/c1-3-24(35)34-14-5-4-7-18(34)16-37-23-15-30-12-10-19(23)26-27(25-22(33-26)11-13-31-28(25)36)32-21-9-6-8-20(29)17(21)2/h3,6,8-10,12,15,18,32-33H,1,4-5,7,11,13-14,16H2,2H3,(H,31,36)/t18-/m1/s1. The van der Waals surface area contributed by atoms with Gasteiger partial charge in [0.15, 0.2) is 0 Å². The third kappa shape index (κ3) is 4.81. The molecule has 3 aromatic rings. The summed E-state index contributed by atoms with van der Waals surface area (Å²) >= 11 is 0. The summed E-state index contributed by atoms with van der Waals surface area (Å²) in [6, 6.07) is 6.57. The molecule has 5 rings (SSSR count). The maximum atomic E-state index is 14.3. The molecule has 37 heavy (non-hydrogen) atoms. The Kier molecular flexibility index (Phi) is 6.94. The first kappa shape index (κ1) is 24.5. The summed E-state index contributed by atoms with van der Waals surface area (Å²) in [7, 11) is 0. The zero-order valence-corrected chi connectivity index (χ0v) is 20.8. The highest BCUT2D eigenvalue weighted by atomic mass is 19.1. The molecule has 0 saturated carbocycles. The van der Waals surface area contributed by atoms with Gasteiger partial charge in [-0.2, -0.15) is 0 Å². The molecule has 0 bridgehead atoms. The number of rotatable bonds is 7. The molecule has 2 aromatic heterocycles. The monoisotopic (exact) mass is 503 g/mol. The number of ether oxygens (including phenoxy) is 1. The largest absolute Gasteiger partial charge is 0.489 e. The van der Waals surface area contributed by atoms with E-state index < -0.39 is 0 Å². The van der Waals surface area contributed by atoms with Crippen molar-refractivity contribution in [3.63, 3.8) is 0 Å². The lowest BCUT2D eigenvalue weighted by Crippen LogP contribution is -2.46. The highest BCUT2D eigenvalue weighted by Gasteiger charge is 2.30. The van der Waals surface area contributed by atoms with Crippen LogP contribution in [0.2, 0.25) is 0 Å². The predicted molar refractivity (Wildman–Crippen MR) is 140 cm³/mol. The Bertz CT molecular complexity index is 1350. The van der Waals surface area contributed by atoms with Gasteiger partial charge in [-0.15, -0.1) is 0 Å². The molecule has 1 fully saturated rings. The van der Waals surface area contributed by atoms with Crippen LogP contribution in [-0.2, 0) is 11.2 Å². The minimum atomic E-state index is -0.334. The number of hydrogen-bond acceptors (Lipinski definition) is 5. The second-order valence-corrected chi connectivity index (χ2v) is 9.34. The number of aromatic nitrogens is 2. The molecular weight excluding hydrogens is 473 g/mol. The number of amides is 2. The van der Waals surface area contributed by atoms with E-state index in [-0.39, 0.29) is 23.7 Å². The Hall–Kier alpha value is -4.14. The molecule has 192 valence electrons. The summed E-state index contributed by atoms with van der Waals surface area (Å²) in [4.78, 5) is 34.7. The van der Waals surface area contributed by atoms with Crippen molar-refractivity contribution in [2.45, 2.75) is 38.6 Å².